The molecule has 1 amide bonds. The van der Waals surface area contributed by atoms with Crippen molar-refractivity contribution in [2.75, 3.05) is 33.0 Å². The summed E-state index contributed by atoms with van der Waals surface area (Å²) in [7, 11) is 0. The Labute approximate surface area is 100 Å². The van der Waals surface area contributed by atoms with E-state index >= 15 is 0 Å². The Kier molecular flexibility index (Phi) is 10.5. The molecule has 0 radical (unpaired) electrons. The Morgan fingerprint density at radius 2 is 1.94 bits per heavy atom. The summed E-state index contributed by atoms with van der Waals surface area (Å²) in [5.74, 6) is 0.420. The second kappa shape index (κ2) is 10.9. The van der Waals surface area contributed by atoms with Gasteiger partial charge in [0.1, 0.15) is 6.61 Å². The maximum atomic E-state index is 11.2. The number of ether oxygens (including phenoxy) is 2. The van der Waals surface area contributed by atoms with Gasteiger partial charge in [0.05, 0.1) is 13.2 Å². The van der Waals surface area contributed by atoms with Gasteiger partial charge in [-0.25, -0.2) is 0 Å². The van der Waals surface area contributed by atoms with Crippen LogP contribution < -0.4 is 5.32 Å². The predicted octanol–water partition coefficient (Wildman–Crippen LogP) is 1.84. The third kappa shape index (κ3) is 11.5. The molecule has 0 aliphatic carbocycles. The Balaban J connectivity index is 0. The normalized spacial score (nSPS) is 10.8. The van der Waals surface area contributed by atoms with Crippen molar-refractivity contribution in [3.05, 3.63) is 0 Å². The van der Waals surface area contributed by atoms with E-state index in [1.54, 1.807) is 0 Å². The van der Waals surface area contributed by atoms with E-state index < -0.39 is 0 Å². The van der Waals surface area contributed by atoms with E-state index in [0.29, 0.717) is 25.7 Å². The molecule has 0 heterocycles. The minimum Gasteiger partial charge on any atom is -0.379 e. The van der Waals surface area contributed by atoms with Gasteiger partial charge in [-0.3, -0.25) is 4.79 Å². The highest BCUT2D eigenvalue weighted by Crippen LogP contribution is 1.89. The van der Waals surface area contributed by atoms with Crippen LogP contribution in [0.3, 0.4) is 0 Å². The molecule has 1 N–H and O–H groups in total. The average Bonchev–Trinajstić information content (AvgIpc) is 2.25. The number of carbonyl (C=O) groups excluding carboxylic acids is 1. The molecule has 0 atom stereocenters. The van der Waals surface area contributed by atoms with Gasteiger partial charge < -0.3 is 14.8 Å². The number of hydrogen-bond acceptors (Lipinski definition) is 3. The van der Waals surface area contributed by atoms with E-state index in [0.717, 1.165) is 19.4 Å². The average molecular weight is 233 g/mol. The summed E-state index contributed by atoms with van der Waals surface area (Å²) in [5.41, 5.74) is 0. The van der Waals surface area contributed by atoms with Crippen LogP contribution in [-0.2, 0) is 14.3 Å². The lowest BCUT2D eigenvalue weighted by molar-refractivity contribution is -0.126. The number of unbranched alkanes of at least 4 members (excludes halogenated alkanes) is 1. The molecule has 4 nitrogen and oxygen atoms in total. The second-order valence-electron chi connectivity index (χ2n) is 4.22. The minimum absolute atomic E-state index is 0. The molecule has 0 aliphatic heterocycles. The standard InChI is InChI=1S/C12H25NO3.H2/c1-4-5-6-15-7-8-16-10-12(14)13-9-11(2)3;/h11H,4-10H2,1-3H3,(H,13,14);1H. The summed E-state index contributed by atoms with van der Waals surface area (Å²) in [5, 5.41) is 2.79. The molecule has 0 unspecified atom stereocenters. The van der Waals surface area contributed by atoms with Crippen molar-refractivity contribution in [1.29, 1.82) is 0 Å². The van der Waals surface area contributed by atoms with E-state index in [2.05, 4.69) is 26.1 Å². The van der Waals surface area contributed by atoms with Crippen molar-refractivity contribution < 1.29 is 15.7 Å². The number of nitrogens with one attached hydrogen (secondary N) is 1. The highest BCUT2D eigenvalue weighted by Gasteiger charge is 2.01. The van der Waals surface area contributed by atoms with Gasteiger partial charge in [-0.1, -0.05) is 27.2 Å². The lowest BCUT2D eigenvalue weighted by Crippen LogP contribution is -2.31. The quantitative estimate of drug-likeness (QED) is 0.586. The number of amides is 1. The van der Waals surface area contributed by atoms with Crippen LogP contribution in [0.15, 0.2) is 0 Å². The summed E-state index contributed by atoms with van der Waals surface area (Å²) in [4.78, 5) is 11.2. The van der Waals surface area contributed by atoms with Crippen molar-refractivity contribution in [3.63, 3.8) is 0 Å². The fraction of sp³-hybridized carbons (Fsp3) is 0.917. The molecule has 0 aliphatic rings. The topological polar surface area (TPSA) is 47.6 Å². The van der Waals surface area contributed by atoms with E-state index in [1.165, 1.54) is 0 Å². The molecular formula is C12H27NO3. The van der Waals surface area contributed by atoms with Crippen LogP contribution in [0, 0.1) is 5.92 Å². The number of carbonyl (C=O) groups is 1. The lowest BCUT2D eigenvalue weighted by Gasteiger charge is -2.08. The predicted molar refractivity (Wildman–Crippen MR) is 66.5 cm³/mol. The summed E-state index contributed by atoms with van der Waals surface area (Å²) in [6.07, 6.45) is 2.22. The maximum Gasteiger partial charge on any atom is 0.246 e. The fourth-order valence-corrected chi connectivity index (χ4v) is 1.00. The van der Waals surface area contributed by atoms with Crippen molar-refractivity contribution in [1.82, 2.24) is 5.32 Å². The third-order valence-corrected chi connectivity index (χ3v) is 1.95. The first-order valence-corrected chi connectivity index (χ1v) is 6.09. The zero-order chi connectivity index (χ0) is 12.2. The summed E-state index contributed by atoms with van der Waals surface area (Å²) < 4.78 is 10.5. The lowest BCUT2D eigenvalue weighted by atomic mass is 10.2. The van der Waals surface area contributed by atoms with Crippen LogP contribution in [0.1, 0.15) is 35.0 Å². The Bertz CT molecular complexity index is 177. The molecule has 0 bridgehead atoms. The van der Waals surface area contributed by atoms with Crippen molar-refractivity contribution in [2.24, 2.45) is 5.92 Å². The molecule has 0 aromatic rings. The number of rotatable bonds is 10. The van der Waals surface area contributed by atoms with Gasteiger partial charge in [-0.05, 0) is 12.3 Å². The van der Waals surface area contributed by atoms with Gasteiger partial charge in [-0.15, -0.1) is 0 Å². The first kappa shape index (κ1) is 15.4. The van der Waals surface area contributed by atoms with Gasteiger partial charge in [0.25, 0.3) is 0 Å². The molecule has 0 rings (SSSR count). The Hall–Kier alpha value is -0.610. The van der Waals surface area contributed by atoms with Crippen molar-refractivity contribution in [3.8, 4) is 0 Å². The van der Waals surface area contributed by atoms with E-state index in [4.69, 9.17) is 9.47 Å². The Morgan fingerprint density at radius 1 is 1.25 bits per heavy atom. The molecule has 98 valence electrons. The second-order valence-corrected chi connectivity index (χ2v) is 4.22. The highest BCUT2D eigenvalue weighted by atomic mass is 16.5. The zero-order valence-corrected chi connectivity index (χ0v) is 10.8. The van der Waals surface area contributed by atoms with Crippen LogP contribution in [0.4, 0.5) is 0 Å². The highest BCUT2D eigenvalue weighted by molar-refractivity contribution is 5.77. The SMILES string of the molecule is CCCCOCCOCC(=O)NCC(C)C.[HH]. The first-order chi connectivity index (χ1) is 7.66. The van der Waals surface area contributed by atoms with E-state index in [-0.39, 0.29) is 13.9 Å². The first-order valence-electron chi connectivity index (χ1n) is 6.09. The molecule has 0 fully saturated rings. The molecule has 4 heteroatoms. The van der Waals surface area contributed by atoms with Gasteiger partial charge >= 0.3 is 0 Å². The molecule has 16 heavy (non-hydrogen) atoms. The largest absolute Gasteiger partial charge is 0.379 e. The van der Waals surface area contributed by atoms with Crippen LogP contribution in [0.25, 0.3) is 0 Å². The molecule has 0 aromatic carbocycles. The smallest absolute Gasteiger partial charge is 0.246 e. The van der Waals surface area contributed by atoms with Gasteiger partial charge in [0.2, 0.25) is 5.91 Å². The molecule has 0 aromatic heterocycles. The van der Waals surface area contributed by atoms with Crippen LogP contribution >= 0.6 is 0 Å². The minimum atomic E-state index is -0.0535. The molecule has 0 saturated heterocycles. The van der Waals surface area contributed by atoms with Crippen LogP contribution in [0.2, 0.25) is 0 Å². The molecular weight excluding hydrogens is 206 g/mol. The number of hydrogen-bond donors (Lipinski definition) is 1. The monoisotopic (exact) mass is 233 g/mol. The zero-order valence-electron chi connectivity index (χ0n) is 10.8. The van der Waals surface area contributed by atoms with Gasteiger partial charge in [-0.2, -0.15) is 0 Å². The van der Waals surface area contributed by atoms with Crippen LogP contribution in [0.5, 0.6) is 0 Å². The van der Waals surface area contributed by atoms with Gasteiger partial charge in [0, 0.05) is 14.6 Å². The Morgan fingerprint density at radius 3 is 2.56 bits per heavy atom. The fourth-order valence-electron chi connectivity index (χ4n) is 1.00. The van der Waals surface area contributed by atoms with Crippen molar-refractivity contribution in [2.45, 2.75) is 33.6 Å². The van der Waals surface area contributed by atoms with Crippen LogP contribution in [-0.4, -0.2) is 38.9 Å². The van der Waals surface area contributed by atoms with E-state index in [1.807, 2.05) is 0 Å². The maximum absolute atomic E-state index is 11.2. The summed E-state index contributed by atoms with van der Waals surface area (Å²) in [6.45, 7) is 8.90. The van der Waals surface area contributed by atoms with Gasteiger partial charge in [0.15, 0.2) is 0 Å². The third-order valence-electron chi connectivity index (χ3n) is 1.95. The molecule has 0 spiro atoms. The molecule has 0 saturated carbocycles. The summed E-state index contributed by atoms with van der Waals surface area (Å²) in [6, 6.07) is 0. The summed E-state index contributed by atoms with van der Waals surface area (Å²) >= 11 is 0. The van der Waals surface area contributed by atoms with Crippen molar-refractivity contribution >= 4 is 5.91 Å². The van der Waals surface area contributed by atoms with E-state index in [9.17, 15) is 4.79 Å².